The summed E-state index contributed by atoms with van der Waals surface area (Å²) in [7, 11) is 0. The van der Waals surface area contributed by atoms with Gasteiger partial charge in [-0.1, -0.05) is 17.2 Å². The molecule has 1 aromatic heterocycles. The lowest BCUT2D eigenvalue weighted by atomic mass is 9.73. The highest BCUT2D eigenvalue weighted by molar-refractivity contribution is 7.77. The number of nitrogens with zero attached hydrogens (tertiary/aromatic N) is 4. The van der Waals surface area contributed by atoms with Crippen LogP contribution in [-0.2, 0) is 12.6 Å². The molecule has 0 spiro atoms. The van der Waals surface area contributed by atoms with Crippen molar-refractivity contribution in [1.82, 2.24) is 0 Å². The van der Waals surface area contributed by atoms with Gasteiger partial charge in [-0.05, 0) is 30.9 Å². The van der Waals surface area contributed by atoms with E-state index in [0.717, 1.165) is 24.0 Å². The van der Waals surface area contributed by atoms with E-state index in [0.29, 0.717) is 0 Å². The second-order valence-corrected chi connectivity index (χ2v) is 8.17. The van der Waals surface area contributed by atoms with Crippen molar-refractivity contribution in [1.29, 1.82) is 5.26 Å². The van der Waals surface area contributed by atoms with Crippen molar-refractivity contribution in [3.63, 3.8) is 0 Å². The molecule has 1 N–H and O–H groups in total. The third kappa shape index (κ3) is 3.37. The third-order valence-electron chi connectivity index (χ3n) is 5.84. The molecule has 2 heterocycles. The number of pyridine rings is 1. The van der Waals surface area contributed by atoms with Crippen LogP contribution in [0.1, 0.15) is 35.9 Å². The Labute approximate surface area is 173 Å². The molecular weight excluding hydrogens is 388 g/mol. The largest absolute Gasteiger partial charge is 0.764 e. The minimum atomic E-state index is -1.42. The minimum Gasteiger partial charge on any atom is -0.764 e. The molecule has 8 heteroatoms. The first-order chi connectivity index (χ1) is 13.8. The van der Waals surface area contributed by atoms with Crippen molar-refractivity contribution < 1.29 is 14.6 Å². The van der Waals surface area contributed by atoms with Crippen LogP contribution in [0.5, 0.6) is 0 Å². The molecule has 1 aliphatic heterocycles. The number of hydrogen-bond donors (Lipinski definition) is 1. The summed E-state index contributed by atoms with van der Waals surface area (Å²) in [5.41, 5.74) is 0.346. The van der Waals surface area contributed by atoms with Crippen LogP contribution < -0.4 is 4.57 Å². The number of nitriles is 1. The highest BCUT2D eigenvalue weighted by Gasteiger charge is 2.60. The van der Waals surface area contributed by atoms with Crippen molar-refractivity contribution in [2.45, 2.75) is 37.5 Å². The molecule has 4 rings (SSSR count). The number of aliphatic hydroxyl groups is 1. The second-order valence-electron chi connectivity index (χ2n) is 7.76. The van der Waals surface area contributed by atoms with Crippen molar-refractivity contribution >= 4 is 23.4 Å². The van der Waals surface area contributed by atoms with Gasteiger partial charge in [0, 0.05) is 30.2 Å². The number of aliphatic imine (C=N–C) groups is 1. The van der Waals surface area contributed by atoms with Gasteiger partial charge in [0.25, 0.3) is 5.69 Å². The average Bonchev–Trinajstić information content (AvgIpc) is 3.54. The van der Waals surface area contributed by atoms with Crippen LogP contribution in [0.3, 0.4) is 0 Å². The monoisotopic (exact) mass is 408 g/mol. The molecule has 0 unspecified atom stereocenters. The number of non-ortho nitro benzene ring substituents is 1. The van der Waals surface area contributed by atoms with E-state index in [1.54, 1.807) is 12.1 Å². The van der Waals surface area contributed by atoms with E-state index in [9.17, 15) is 20.5 Å². The number of benzene rings is 1. The maximum atomic E-state index is 11.7. The van der Waals surface area contributed by atoms with Crippen LogP contribution in [0.2, 0.25) is 0 Å². The molecule has 0 amide bonds. The van der Waals surface area contributed by atoms with E-state index in [-0.39, 0.29) is 16.6 Å². The lowest BCUT2D eigenvalue weighted by Crippen LogP contribution is -2.60. The van der Waals surface area contributed by atoms with Gasteiger partial charge in [-0.2, -0.15) is 9.83 Å². The number of aryl methyl sites for hydroxylation is 1. The number of hydrogen-bond acceptors (Lipinski definition) is 6. The Bertz CT molecular complexity index is 1010. The van der Waals surface area contributed by atoms with Crippen LogP contribution in [0.25, 0.3) is 0 Å². The van der Waals surface area contributed by atoms with E-state index < -0.39 is 28.5 Å². The Kier molecular flexibility index (Phi) is 4.81. The topological polar surface area (TPSA) is 103 Å². The van der Waals surface area contributed by atoms with Crippen LogP contribution in [0, 0.1) is 40.2 Å². The van der Waals surface area contributed by atoms with Gasteiger partial charge in [-0.15, -0.1) is 0 Å². The number of rotatable bonds is 4. The molecule has 0 saturated heterocycles. The molecule has 4 atom stereocenters. The molecule has 0 bridgehead atoms. The molecule has 1 aliphatic carbocycles. The molecule has 2 aromatic rings. The van der Waals surface area contributed by atoms with E-state index in [2.05, 4.69) is 11.1 Å². The molecular formula is C21H20N4O3S. The molecule has 1 aromatic carbocycles. The van der Waals surface area contributed by atoms with Gasteiger partial charge in [0.1, 0.15) is 0 Å². The Balaban J connectivity index is 1.90. The normalized spacial score (nSPS) is 29.0. The number of nitro benzene ring substituents is 1. The molecule has 2 aliphatic rings. The Morgan fingerprint density at radius 2 is 1.90 bits per heavy atom. The first-order valence-electron chi connectivity index (χ1n) is 9.45. The third-order valence-corrected chi connectivity index (χ3v) is 6.18. The van der Waals surface area contributed by atoms with Gasteiger partial charge in [0.15, 0.2) is 12.4 Å². The van der Waals surface area contributed by atoms with Crippen LogP contribution >= 0.6 is 0 Å². The van der Waals surface area contributed by atoms with Gasteiger partial charge >= 0.3 is 0 Å². The lowest BCUT2D eigenvalue weighted by molar-refractivity contribution is -0.742. The van der Waals surface area contributed by atoms with Crippen molar-refractivity contribution in [2.75, 3.05) is 0 Å². The first-order valence-corrected chi connectivity index (χ1v) is 9.86. The van der Waals surface area contributed by atoms with Gasteiger partial charge in [0.2, 0.25) is 11.8 Å². The van der Waals surface area contributed by atoms with Crippen molar-refractivity contribution in [3.8, 4) is 6.07 Å². The quantitative estimate of drug-likeness (QED) is 0.363. The van der Waals surface area contributed by atoms with Crippen molar-refractivity contribution in [3.05, 3.63) is 70.0 Å². The SMILES string of the molecule is Cc1cc[n+]([C@H]2[C@@H](c3ccc([N+](=O)[O-])cc3)[C@H](C#N)C([S-])=N[C@]2(O)C2CC2)cc1. The van der Waals surface area contributed by atoms with Crippen LogP contribution in [-0.4, -0.2) is 20.8 Å². The van der Waals surface area contributed by atoms with Crippen LogP contribution in [0.15, 0.2) is 53.8 Å². The summed E-state index contributed by atoms with van der Waals surface area (Å²) >= 11 is 5.42. The van der Waals surface area contributed by atoms with Crippen molar-refractivity contribution in [2.24, 2.45) is 16.8 Å². The predicted octanol–water partition coefficient (Wildman–Crippen LogP) is 2.71. The average molecular weight is 408 g/mol. The highest BCUT2D eigenvalue weighted by Crippen LogP contribution is 2.53. The van der Waals surface area contributed by atoms with Crippen LogP contribution in [0.4, 0.5) is 5.69 Å². The van der Waals surface area contributed by atoms with E-state index in [1.165, 1.54) is 12.1 Å². The fourth-order valence-corrected chi connectivity index (χ4v) is 4.53. The summed E-state index contributed by atoms with van der Waals surface area (Å²) in [4.78, 5) is 15.1. The molecule has 0 radical (unpaired) electrons. The van der Waals surface area contributed by atoms with Gasteiger partial charge < -0.3 is 17.7 Å². The summed E-state index contributed by atoms with van der Waals surface area (Å²) in [5.74, 6) is -1.23. The summed E-state index contributed by atoms with van der Waals surface area (Å²) in [6.45, 7) is 1.98. The maximum absolute atomic E-state index is 11.7. The molecule has 29 heavy (non-hydrogen) atoms. The minimum absolute atomic E-state index is 0.0256. The number of aromatic nitrogens is 1. The Morgan fingerprint density at radius 3 is 2.41 bits per heavy atom. The molecule has 1 saturated carbocycles. The zero-order valence-electron chi connectivity index (χ0n) is 15.8. The van der Waals surface area contributed by atoms with Gasteiger partial charge in [0.05, 0.1) is 22.8 Å². The zero-order chi connectivity index (χ0) is 20.8. The lowest BCUT2D eigenvalue weighted by Gasteiger charge is -2.43. The molecule has 7 nitrogen and oxygen atoms in total. The molecule has 1 fully saturated rings. The number of nitro groups is 1. The maximum Gasteiger partial charge on any atom is 0.269 e. The fourth-order valence-electron chi connectivity index (χ4n) is 4.18. The summed E-state index contributed by atoms with van der Waals surface area (Å²) in [5, 5.41) is 32.8. The zero-order valence-corrected chi connectivity index (χ0v) is 16.6. The van der Waals surface area contributed by atoms with Gasteiger partial charge in [-0.3, -0.25) is 15.1 Å². The molecule has 148 valence electrons. The second kappa shape index (κ2) is 7.17. The summed E-state index contributed by atoms with van der Waals surface area (Å²) < 4.78 is 1.90. The Morgan fingerprint density at radius 1 is 1.28 bits per heavy atom. The highest BCUT2D eigenvalue weighted by atomic mass is 32.1. The van der Waals surface area contributed by atoms with E-state index in [1.807, 2.05) is 36.0 Å². The van der Waals surface area contributed by atoms with E-state index >= 15 is 0 Å². The summed E-state index contributed by atoms with van der Waals surface area (Å²) in [6.07, 6.45) is 5.44. The van der Waals surface area contributed by atoms with E-state index in [4.69, 9.17) is 12.6 Å². The van der Waals surface area contributed by atoms with Gasteiger partial charge in [-0.25, -0.2) is 0 Å². The smallest absolute Gasteiger partial charge is 0.269 e. The predicted molar refractivity (Wildman–Crippen MR) is 108 cm³/mol. The fraction of sp³-hybridized carbons (Fsp3) is 0.381. The standard InChI is InChI=1S/C21H20N4O3S/c1-13-8-10-24(11-9-13)19-18(14-2-6-16(7-3-14)25(27)28)17(12-22)20(29)23-21(19,26)15-4-5-15/h2-3,6-11,15,17-19,26H,4-5H2,1H3/t17-,18-,19-,21-/m0/s1. The first kappa shape index (κ1) is 19.4. The summed E-state index contributed by atoms with van der Waals surface area (Å²) in [6, 6.07) is 11.7. The Hall–Kier alpha value is -2.89.